The summed E-state index contributed by atoms with van der Waals surface area (Å²) >= 11 is 7.32. The number of rotatable bonds is 5. The van der Waals surface area contributed by atoms with Gasteiger partial charge in [-0.15, -0.1) is 11.6 Å². The molecule has 5 heteroatoms. The van der Waals surface area contributed by atoms with Gasteiger partial charge in [0.2, 0.25) is 5.13 Å². The lowest BCUT2D eigenvalue weighted by Crippen LogP contribution is -2.19. The van der Waals surface area contributed by atoms with Crippen LogP contribution in [-0.4, -0.2) is 28.3 Å². The molecule has 0 saturated carbocycles. The minimum atomic E-state index is 0.746. The number of hydrogen-bond acceptors (Lipinski definition) is 4. The van der Waals surface area contributed by atoms with Crippen molar-refractivity contribution in [3.63, 3.8) is 0 Å². The Morgan fingerprint density at radius 1 is 1.56 bits per heavy atom. The predicted octanol–water partition coefficient (Wildman–Crippen LogP) is 2.95. The van der Waals surface area contributed by atoms with E-state index < -0.39 is 0 Å². The lowest BCUT2D eigenvalue weighted by atomic mass is 10.1. The number of aryl methyl sites for hydroxylation is 1. The Labute approximate surface area is 106 Å². The Bertz CT molecular complexity index is 329. The van der Waals surface area contributed by atoms with Gasteiger partial charge < -0.3 is 4.90 Å². The van der Waals surface area contributed by atoms with E-state index >= 15 is 0 Å². The average molecular weight is 260 g/mol. The van der Waals surface area contributed by atoms with Crippen molar-refractivity contribution in [3.05, 3.63) is 5.82 Å². The summed E-state index contributed by atoms with van der Waals surface area (Å²) in [7, 11) is 0. The summed E-state index contributed by atoms with van der Waals surface area (Å²) < 4.78 is 4.38. The monoisotopic (exact) mass is 259 g/mol. The Hall–Kier alpha value is -0.350. The molecule has 1 aliphatic heterocycles. The summed E-state index contributed by atoms with van der Waals surface area (Å²) in [6, 6.07) is 0. The second kappa shape index (κ2) is 5.82. The van der Waals surface area contributed by atoms with Gasteiger partial charge in [0.1, 0.15) is 5.82 Å². The van der Waals surface area contributed by atoms with E-state index in [-0.39, 0.29) is 0 Å². The van der Waals surface area contributed by atoms with Crippen molar-refractivity contribution in [2.45, 2.75) is 32.6 Å². The van der Waals surface area contributed by atoms with Gasteiger partial charge in [-0.2, -0.15) is 4.37 Å². The van der Waals surface area contributed by atoms with Gasteiger partial charge in [-0.1, -0.05) is 6.92 Å². The lowest BCUT2D eigenvalue weighted by Gasteiger charge is -2.13. The van der Waals surface area contributed by atoms with Gasteiger partial charge in [0, 0.05) is 36.9 Å². The fraction of sp³-hybridized carbons (Fsp3) is 0.818. The maximum atomic E-state index is 5.78. The van der Waals surface area contributed by atoms with Gasteiger partial charge in [0.05, 0.1) is 0 Å². The highest BCUT2D eigenvalue weighted by atomic mass is 35.5. The van der Waals surface area contributed by atoms with E-state index in [9.17, 15) is 0 Å². The first-order chi connectivity index (χ1) is 7.83. The van der Waals surface area contributed by atoms with E-state index in [1.165, 1.54) is 18.0 Å². The second-order valence-corrected chi connectivity index (χ2v) is 5.43. The number of halogens is 1. The molecule has 0 bridgehead atoms. The molecule has 2 rings (SSSR count). The highest BCUT2D eigenvalue weighted by Crippen LogP contribution is 2.27. The molecule has 1 saturated heterocycles. The molecule has 1 aliphatic rings. The highest BCUT2D eigenvalue weighted by molar-refractivity contribution is 7.09. The van der Waals surface area contributed by atoms with Crippen LogP contribution >= 0.6 is 23.1 Å². The Morgan fingerprint density at radius 3 is 3.19 bits per heavy atom. The molecule has 1 aromatic rings. The first-order valence-corrected chi connectivity index (χ1v) is 7.27. The minimum absolute atomic E-state index is 0.746. The molecule has 0 N–H and O–H groups in total. The van der Waals surface area contributed by atoms with Crippen LogP contribution in [0, 0.1) is 5.92 Å². The van der Waals surface area contributed by atoms with Crippen LogP contribution in [0.15, 0.2) is 0 Å². The van der Waals surface area contributed by atoms with Crippen molar-refractivity contribution < 1.29 is 0 Å². The maximum absolute atomic E-state index is 5.78. The molecule has 0 spiro atoms. The van der Waals surface area contributed by atoms with Crippen LogP contribution in [0.3, 0.4) is 0 Å². The number of nitrogens with zero attached hydrogens (tertiary/aromatic N) is 3. The van der Waals surface area contributed by atoms with Crippen LogP contribution in [0.1, 0.15) is 32.0 Å². The molecule has 1 atom stereocenters. The highest BCUT2D eigenvalue weighted by Gasteiger charge is 2.24. The maximum Gasteiger partial charge on any atom is 0.205 e. The standard InChI is InChI=1S/C11H18ClN3S/c1-2-3-10-13-11(16-14-10)15-7-5-9(8-15)4-6-12/h9H,2-8H2,1H3. The van der Waals surface area contributed by atoms with E-state index in [0.29, 0.717) is 0 Å². The molecule has 1 unspecified atom stereocenters. The molecule has 90 valence electrons. The van der Waals surface area contributed by atoms with Crippen LogP contribution in [0.5, 0.6) is 0 Å². The fourth-order valence-electron chi connectivity index (χ4n) is 2.09. The van der Waals surface area contributed by atoms with Crippen molar-refractivity contribution in [3.8, 4) is 0 Å². The normalized spacial score (nSPS) is 20.6. The molecule has 0 amide bonds. The number of anilines is 1. The first kappa shape index (κ1) is 12.1. The Balaban J connectivity index is 1.92. The third-order valence-electron chi connectivity index (χ3n) is 3.00. The largest absolute Gasteiger partial charge is 0.347 e. The second-order valence-electron chi connectivity index (χ2n) is 4.32. The van der Waals surface area contributed by atoms with Gasteiger partial charge >= 0.3 is 0 Å². The van der Waals surface area contributed by atoms with Crippen LogP contribution in [-0.2, 0) is 6.42 Å². The zero-order chi connectivity index (χ0) is 11.4. The smallest absolute Gasteiger partial charge is 0.205 e. The third-order valence-corrected chi connectivity index (χ3v) is 4.04. The molecule has 2 heterocycles. The van der Waals surface area contributed by atoms with Crippen molar-refractivity contribution in [2.24, 2.45) is 5.92 Å². The topological polar surface area (TPSA) is 29.0 Å². The van der Waals surface area contributed by atoms with E-state index in [0.717, 1.165) is 55.1 Å². The molecule has 1 fully saturated rings. The lowest BCUT2D eigenvalue weighted by molar-refractivity contribution is 0.572. The molecular weight excluding hydrogens is 242 g/mol. The first-order valence-electron chi connectivity index (χ1n) is 5.97. The van der Waals surface area contributed by atoms with Crippen LogP contribution in [0.2, 0.25) is 0 Å². The molecule has 16 heavy (non-hydrogen) atoms. The molecule has 0 aliphatic carbocycles. The van der Waals surface area contributed by atoms with E-state index in [2.05, 4.69) is 21.2 Å². The van der Waals surface area contributed by atoms with Crippen LogP contribution in [0.4, 0.5) is 5.13 Å². The zero-order valence-corrected chi connectivity index (χ0v) is 11.2. The van der Waals surface area contributed by atoms with Gasteiger partial charge in [0.25, 0.3) is 0 Å². The van der Waals surface area contributed by atoms with Crippen molar-refractivity contribution >= 4 is 28.3 Å². The van der Waals surface area contributed by atoms with Crippen molar-refractivity contribution in [1.82, 2.24) is 9.36 Å². The predicted molar refractivity (Wildman–Crippen MR) is 69.6 cm³/mol. The summed E-state index contributed by atoms with van der Waals surface area (Å²) in [6.07, 6.45) is 4.48. The van der Waals surface area contributed by atoms with E-state index in [1.807, 2.05) is 0 Å². The Morgan fingerprint density at radius 2 is 2.44 bits per heavy atom. The van der Waals surface area contributed by atoms with E-state index in [1.54, 1.807) is 0 Å². The van der Waals surface area contributed by atoms with Gasteiger partial charge in [-0.05, 0) is 25.2 Å². The SMILES string of the molecule is CCCc1nsc(N2CCC(CCCl)C2)n1. The molecule has 0 aromatic carbocycles. The van der Waals surface area contributed by atoms with Gasteiger partial charge in [0.15, 0.2) is 0 Å². The quantitative estimate of drug-likeness (QED) is 0.762. The van der Waals surface area contributed by atoms with Gasteiger partial charge in [-0.25, -0.2) is 4.98 Å². The summed E-state index contributed by atoms with van der Waals surface area (Å²) in [4.78, 5) is 6.93. The molecule has 1 aromatic heterocycles. The van der Waals surface area contributed by atoms with Gasteiger partial charge in [-0.3, -0.25) is 0 Å². The summed E-state index contributed by atoms with van der Waals surface area (Å²) in [5.74, 6) is 2.52. The fourth-order valence-corrected chi connectivity index (χ4v) is 3.15. The number of hydrogen-bond donors (Lipinski definition) is 0. The third kappa shape index (κ3) is 2.86. The number of alkyl halides is 1. The summed E-state index contributed by atoms with van der Waals surface area (Å²) in [5, 5.41) is 1.10. The summed E-state index contributed by atoms with van der Waals surface area (Å²) in [6.45, 7) is 4.38. The molecule has 3 nitrogen and oxygen atoms in total. The average Bonchev–Trinajstić information content (AvgIpc) is 2.87. The van der Waals surface area contributed by atoms with Crippen LogP contribution < -0.4 is 4.90 Å². The molecule has 0 radical (unpaired) electrons. The number of aromatic nitrogens is 2. The van der Waals surface area contributed by atoms with Crippen molar-refractivity contribution in [2.75, 3.05) is 23.9 Å². The zero-order valence-electron chi connectivity index (χ0n) is 9.65. The molecular formula is C11H18ClN3S. The van der Waals surface area contributed by atoms with Crippen molar-refractivity contribution in [1.29, 1.82) is 0 Å². The van der Waals surface area contributed by atoms with E-state index in [4.69, 9.17) is 11.6 Å². The minimum Gasteiger partial charge on any atom is -0.347 e. The van der Waals surface area contributed by atoms with Crippen LogP contribution in [0.25, 0.3) is 0 Å². The Kier molecular flexibility index (Phi) is 4.41. The summed E-state index contributed by atoms with van der Waals surface area (Å²) in [5.41, 5.74) is 0.